The Labute approximate surface area is 143 Å². The zero-order chi connectivity index (χ0) is 18.1. The third-order valence-corrected chi connectivity index (χ3v) is 5.37. The van der Waals surface area contributed by atoms with Crippen LogP contribution in [0.3, 0.4) is 0 Å². The van der Waals surface area contributed by atoms with Gasteiger partial charge >= 0.3 is 0 Å². The molecular weight excluding hydrogens is 324 g/mol. The molecule has 3 N–H and O–H groups in total. The molecule has 3 aliphatic carbocycles. The molecule has 0 radical (unpaired) electrons. The van der Waals surface area contributed by atoms with Crippen molar-refractivity contribution < 1.29 is 29.7 Å². The highest BCUT2D eigenvalue weighted by Gasteiger charge is 2.63. The minimum absolute atomic E-state index is 0.00219. The summed E-state index contributed by atoms with van der Waals surface area (Å²) in [4.78, 5) is 38.4. The summed E-state index contributed by atoms with van der Waals surface area (Å²) >= 11 is 0. The molecule has 4 rings (SSSR count). The van der Waals surface area contributed by atoms with E-state index in [0.717, 1.165) is 0 Å². The van der Waals surface area contributed by atoms with E-state index in [-0.39, 0.29) is 41.2 Å². The normalized spacial score (nSPS) is 33.9. The highest BCUT2D eigenvalue weighted by molar-refractivity contribution is 6.31. The van der Waals surface area contributed by atoms with Crippen molar-refractivity contribution in [3.63, 3.8) is 0 Å². The SMILES string of the molecule is C[C@@H]1CC(=O)[C@@]2(O)C3=C(C=C[C@@]2(O)C1)C(=O)c1c(O)cccc1C3=O. The fourth-order valence-corrected chi connectivity index (χ4v) is 4.21. The Hall–Kier alpha value is -2.57. The molecule has 1 aromatic carbocycles. The van der Waals surface area contributed by atoms with Crippen LogP contribution < -0.4 is 0 Å². The molecule has 6 heteroatoms. The van der Waals surface area contributed by atoms with Crippen molar-refractivity contribution in [2.45, 2.75) is 31.0 Å². The smallest absolute Gasteiger partial charge is 0.198 e. The van der Waals surface area contributed by atoms with Gasteiger partial charge in [0, 0.05) is 17.6 Å². The molecule has 0 unspecified atom stereocenters. The molecular formula is C19H16O6. The number of carbonyl (C=O) groups excluding carboxylic acids is 3. The fraction of sp³-hybridized carbons (Fsp3) is 0.316. The van der Waals surface area contributed by atoms with Gasteiger partial charge in [0.1, 0.15) is 11.4 Å². The van der Waals surface area contributed by atoms with Crippen molar-refractivity contribution in [3.05, 3.63) is 52.6 Å². The number of aromatic hydroxyl groups is 1. The second-order valence-corrected chi connectivity index (χ2v) is 7.05. The summed E-state index contributed by atoms with van der Waals surface area (Å²) in [6.07, 6.45) is 2.58. The van der Waals surface area contributed by atoms with Crippen LogP contribution in [-0.4, -0.2) is 43.9 Å². The first kappa shape index (κ1) is 15.9. The molecule has 6 nitrogen and oxygen atoms in total. The van der Waals surface area contributed by atoms with E-state index >= 15 is 0 Å². The third-order valence-electron chi connectivity index (χ3n) is 5.37. The molecule has 0 bridgehead atoms. The molecule has 0 heterocycles. The van der Waals surface area contributed by atoms with Crippen LogP contribution in [0.15, 0.2) is 41.5 Å². The predicted molar refractivity (Wildman–Crippen MR) is 86.2 cm³/mol. The van der Waals surface area contributed by atoms with Crippen LogP contribution >= 0.6 is 0 Å². The van der Waals surface area contributed by atoms with Crippen molar-refractivity contribution in [3.8, 4) is 5.75 Å². The van der Waals surface area contributed by atoms with Gasteiger partial charge in [0.2, 0.25) is 0 Å². The van der Waals surface area contributed by atoms with E-state index in [1.54, 1.807) is 6.92 Å². The molecule has 0 amide bonds. The fourth-order valence-electron chi connectivity index (χ4n) is 4.21. The van der Waals surface area contributed by atoms with Gasteiger partial charge in [0.25, 0.3) is 0 Å². The topological polar surface area (TPSA) is 112 Å². The average molecular weight is 340 g/mol. The van der Waals surface area contributed by atoms with Gasteiger partial charge in [-0.15, -0.1) is 0 Å². The molecule has 1 saturated carbocycles. The number of rotatable bonds is 0. The van der Waals surface area contributed by atoms with Crippen molar-refractivity contribution in [2.24, 2.45) is 5.92 Å². The van der Waals surface area contributed by atoms with Crippen LogP contribution in [0.4, 0.5) is 0 Å². The Morgan fingerprint density at radius 3 is 2.56 bits per heavy atom. The van der Waals surface area contributed by atoms with Gasteiger partial charge in [-0.1, -0.05) is 25.1 Å². The first-order valence-electron chi connectivity index (χ1n) is 8.04. The highest BCUT2D eigenvalue weighted by atomic mass is 16.4. The van der Waals surface area contributed by atoms with Crippen molar-refractivity contribution >= 4 is 17.3 Å². The minimum atomic E-state index is -2.46. The molecule has 3 aliphatic rings. The molecule has 0 aliphatic heterocycles. The number of aliphatic hydroxyl groups is 2. The van der Waals surface area contributed by atoms with Crippen LogP contribution in [0.25, 0.3) is 0 Å². The number of allylic oxidation sites excluding steroid dienone is 2. The van der Waals surface area contributed by atoms with Gasteiger partial charge in [-0.2, -0.15) is 0 Å². The first-order chi connectivity index (χ1) is 11.7. The quantitative estimate of drug-likeness (QED) is 0.652. The second kappa shape index (κ2) is 4.74. The Morgan fingerprint density at radius 1 is 1.12 bits per heavy atom. The summed E-state index contributed by atoms with van der Waals surface area (Å²) in [7, 11) is 0. The molecule has 1 fully saturated rings. The molecule has 0 aromatic heterocycles. The van der Waals surface area contributed by atoms with Crippen LogP contribution in [-0.2, 0) is 4.79 Å². The summed E-state index contributed by atoms with van der Waals surface area (Å²) in [5, 5.41) is 32.1. The van der Waals surface area contributed by atoms with Gasteiger partial charge in [0.15, 0.2) is 23.0 Å². The maximum atomic E-state index is 13.0. The molecule has 0 spiro atoms. The third kappa shape index (κ3) is 1.78. The highest BCUT2D eigenvalue weighted by Crippen LogP contribution is 2.50. The maximum Gasteiger partial charge on any atom is 0.198 e. The summed E-state index contributed by atoms with van der Waals surface area (Å²) in [5.41, 5.74) is -5.18. The number of carbonyl (C=O) groups is 3. The van der Waals surface area contributed by atoms with E-state index in [1.165, 1.54) is 30.4 Å². The van der Waals surface area contributed by atoms with Crippen molar-refractivity contribution in [1.82, 2.24) is 0 Å². The Kier molecular flexibility index (Phi) is 3.02. The lowest BCUT2D eigenvalue weighted by molar-refractivity contribution is -0.166. The molecule has 1 aromatic rings. The van der Waals surface area contributed by atoms with E-state index in [4.69, 9.17) is 0 Å². The number of ketones is 3. The van der Waals surface area contributed by atoms with Gasteiger partial charge in [-0.25, -0.2) is 0 Å². The Bertz CT molecular complexity index is 924. The van der Waals surface area contributed by atoms with E-state index in [1.807, 2.05) is 0 Å². The van der Waals surface area contributed by atoms with Crippen LogP contribution in [0.5, 0.6) is 5.75 Å². The number of benzene rings is 1. The largest absolute Gasteiger partial charge is 0.507 e. The van der Waals surface area contributed by atoms with Crippen LogP contribution in [0.1, 0.15) is 40.5 Å². The standard InChI is InChI=1S/C19H16O6/c1-9-7-13(21)19(25)15-11(5-6-18(19,24)8-9)16(22)14-10(17(15)23)3-2-4-12(14)20/h2-6,9,20,24-25H,7-8H2,1H3/t9-,18-,19-/m1/s1. The minimum Gasteiger partial charge on any atom is -0.507 e. The van der Waals surface area contributed by atoms with Crippen molar-refractivity contribution in [2.75, 3.05) is 0 Å². The Balaban J connectivity index is 2.00. The number of fused-ring (bicyclic) bond motifs is 3. The number of hydrogen-bond donors (Lipinski definition) is 3. The predicted octanol–water partition coefficient (Wildman–Crippen LogP) is 1.10. The van der Waals surface area contributed by atoms with Crippen LogP contribution in [0.2, 0.25) is 0 Å². The van der Waals surface area contributed by atoms with E-state index < -0.39 is 34.1 Å². The van der Waals surface area contributed by atoms with Gasteiger partial charge in [-0.05, 0) is 24.5 Å². The summed E-state index contributed by atoms with van der Waals surface area (Å²) in [6, 6.07) is 4.06. The number of Topliss-reactive ketones (excluding diaryl/α,β-unsaturated/α-hetero) is 3. The van der Waals surface area contributed by atoms with Gasteiger partial charge < -0.3 is 15.3 Å². The zero-order valence-corrected chi connectivity index (χ0v) is 13.4. The maximum absolute atomic E-state index is 13.0. The van der Waals surface area contributed by atoms with Crippen LogP contribution in [0, 0.1) is 5.92 Å². The lowest BCUT2D eigenvalue weighted by Gasteiger charge is -2.49. The molecule has 3 atom stereocenters. The molecule has 0 saturated heterocycles. The lowest BCUT2D eigenvalue weighted by atomic mass is 9.58. The lowest BCUT2D eigenvalue weighted by Crippen LogP contribution is -2.66. The van der Waals surface area contributed by atoms with E-state index in [9.17, 15) is 29.7 Å². The second-order valence-electron chi connectivity index (χ2n) is 7.05. The Morgan fingerprint density at radius 2 is 1.84 bits per heavy atom. The monoisotopic (exact) mass is 340 g/mol. The zero-order valence-electron chi connectivity index (χ0n) is 13.4. The van der Waals surface area contributed by atoms with Gasteiger partial charge in [0.05, 0.1) is 11.1 Å². The molecule has 128 valence electrons. The summed E-state index contributed by atoms with van der Waals surface area (Å²) < 4.78 is 0. The average Bonchev–Trinajstić information content (AvgIpc) is 2.53. The van der Waals surface area contributed by atoms with E-state index in [2.05, 4.69) is 0 Å². The number of phenolic OH excluding ortho intramolecular Hbond substituents is 1. The van der Waals surface area contributed by atoms with Crippen molar-refractivity contribution in [1.29, 1.82) is 0 Å². The number of phenols is 1. The molecule has 25 heavy (non-hydrogen) atoms. The number of hydrogen-bond acceptors (Lipinski definition) is 6. The van der Waals surface area contributed by atoms with E-state index in [0.29, 0.717) is 0 Å². The summed E-state index contributed by atoms with van der Waals surface area (Å²) in [6.45, 7) is 1.77. The summed E-state index contributed by atoms with van der Waals surface area (Å²) in [5.74, 6) is -2.58. The first-order valence-corrected chi connectivity index (χ1v) is 8.04. The van der Waals surface area contributed by atoms with Gasteiger partial charge in [-0.3, -0.25) is 14.4 Å².